The highest BCUT2D eigenvalue weighted by molar-refractivity contribution is 5.64. The van der Waals surface area contributed by atoms with Crippen molar-refractivity contribution in [2.75, 3.05) is 0 Å². The molecule has 0 bridgehead atoms. The summed E-state index contributed by atoms with van der Waals surface area (Å²) in [4.78, 5) is 13.3. The Balaban J connectivity index is 2.39. The number of benzene rings is 1. The van der Waals surface area contributed by atoms with Gasteiger partial charge < -0.3 is 10.1 Å². The number of nitrogens with zero attached hydrogens (tertiary/aromatic N) is 2. The summed E-state index contributed by atoms with van der Waals surface area (Å²) in [6.45, 7) is 0. The smallest absolute Gasteiger partial charge is 0.358 e. The number of pyridine rings is 1. The molecule has 0 amide bonds. The molecule has 0 aliphatic carbocycles. The molecule has 0 radical (unpaired) electrons. The Kier molecular flexibility index (Phi) is 3.20. The van der Waals surface area contributed by atoms with Crippen molar-refractivity contribution < 1.29 is 18.1 Å². The van der Waals surface area contributed by atoms with Crippen LogP contribution in [0.3, 0.4) is 0 Å². The van der Waals surface area contributed by atoms with Crippen LogP contribution in [0.15, 0.2) is 42.6 Å². The molecule has 7 heteroatoms. The first-order valence-corrected chi connectivity index (χ1v) is 5.16. The number of halogens is 3. The van der Waals surface area contributed by atoms with Gasteiger partial charge in [0.1, 0.15) is 6.20 Å². The second-order valence-corrected chi connectivity index (χ2v) is 3.74. The van der Waals surface area contributed by atoms with Crippen LogP contribution < -0.4 is 0 Å². The summed E-state index contributed by atoms with van der Waals surface area (Å²) in [7, 11) is 0. The molecule has 0 unspecified atom stereocenters. The van der Waals surface area contributed by atoms with Gasteiger partial charge in [0.2, 0.25) is 0 Å². The lowest BCUT2D eigenvalue weighted by Gasteiger charge is -2.08. The fraction of sp³-hybridized carbons (Fsp3) is 0.0833. The predicted octanol–water partition coefficient (Wildman–Crippen LogP) is 3.68. The summed E-state index contributed by atoms with van der Waals surface area (Å²) in [5, 5.41) is 10.4. The van der Waals surface area contributed by atoms with Gasteiger partial charge in [0.15, 0.2) is 0 Å². The summed E-state index contributed by atoms with van der Waals surface area (Å²) >= 11 is 0. The molecule has 0 fully saturated rings. The molecule has 1 aromatic carbocycles. The van der Waals surface area contributed by atoms with E-state index >= 15 is 0 Å². The number of rotatable bonds is 2. The first-order valence-electron chi connectivity index (χ1n) is 5.16. The van der Waals surface area contributed by atoms with Crippen molar-refractivity contribution in [3.8, 4) is 11.1 Å². The van der Waals surface area contributed by atoms with Gasteiger partial charge >= 0.3 is 12.0 Å². The lowest BCUT2D eigenvalue weighted by molar-refractivity contribution is -0.389. The molecule has 98 valence electrons. The van der Waals surface area contributed by atoms with Crippen LogP contribution >= 0.6 is 0 Å². The molecular formula is C12H7F3N2O2. The lowest BCUT2D eigenvalue weighted by Crippen LogP contribution is -2.04. The molecule has 0 saturated carbocycles. The van der Waals surface area contributed by atoms with Gasteiger partial charge in [0.25, 0.3) is 0 Å². The average molecular weight is 268 g/mol. The highest BCUT2D eigenvalue weighted by Crippen LogP contribution is 2.32. The minimum Gasteiger partial charge on any atom is -0.358 e. The Labute approximate surface area is 105 Å². The standard InChI is InChI=1S/C12H7F3N2O2/c13-12(14,15)10-3-1-2-8(6-10)9-4-5-11(16-7-9)17(18)19/h1-7H. The lowest BCUT2D eigenvalue weighted by atomic mass is 10.0. The summed E-state index contributed by atoms with van der Waals surface area (Å²) in [5.74, 6) is -0.351. The van der Waals surface area contributed by atoms with Gasteiger partial charge in [-0.25, -0.2) is 0 Å². The third-order valence-electron chi connectivity index (χ3n) is 2.46. The van der Waals surface area contributed by atoms with Crippen molar-refractivity contribution in [1.82, 2.24) is 4.98 Å². The van der Waals surface area contributed by atoms with Crippen molar-refractivity contribution in [2.24, 2.45) is 0 Å². The number of alkyl halides is 3. The van der Waals surface area contributed by atoms with Gasteiger partial charge in [-0.1, -0.05) is 12.1 Å². The van der Waals surface area contributed by atoms with Crippen LogP contribution in [-0.2, 0) is 6.18 Å². The molecule has 0 saturated heterocycles. The van der Waals surface area contributed by atoms with Crippen LogP contribution in [0.5, 0.6) is 0 Å². The highest BCUT2D eigenvalue weighted by Gasteiger charge is 2.30. The summed E-state index contributed by atoms with van der Waals surface area (Å²) < 4.78 is 37.6. The van der Waals surface area contributed by atoms with E-state index < -0.39 is 16.7 Å². The molecule has 2 aromatic rings. The van der Waals surface area contributed by atoms with E-state index in [0.717, 1.165) is 18.2 Å². The zero-order valence-electron chi connectivity index (χ0n) is 9.39. The molecule has 0 spiro atoms. The van der Waals surface area contributed by atoms with Crippen molar-refractivity contribution in [3.63, 3.8) is 0 Å². The quantitative estimate of drug-likeness (QED) is 0.616. The van der Waals surface area contributed by atoms with Crippen LogP contribution in [-0.4, -0.2) is 9.91 Å². The topological polar surface area (TPSA) is 56.0 Å². The largest absolute Gasteiger partial charge is 0.416 e. The van der Waals surface area contributed by atoms with Crippen LogP contribution in [0.25, 0.3) is 11.1 Å². The maximum Gasteiger partial charge on any atom is 0.416 e. The van der Waals surface area contributed by atoms with Crippen LogP contribution in [0.1, 0.15) is 5.56 Å². The van der Waals surface area contributed by atoms with Gasteiger partial charge in [-0.2, -0.15) is 13.2 Å². The second-order valence-electron chi connectivity index (χ2n) is 3.74. The number of aromatic nitrogens is 1. The Morgan fingerprint density at radius 1 is 1.11 bits per heavy atom. The fourth-order valence-corrected chi connectivity index (χ4v) is 1.54. The Morgan fingerprint density at radius 3 is 2.37 bits per heavy atom. The number of hydrogen-bond donors (Lipinski definition) is 0. The zero-order chi connectivity index (χ0) is 14.0. The monoisotopic (exact) mass is 268 g/mol. The first-order chi connectivity index (χ1) is 8.88. The molecule has 19 heavy (non-hydrogen) atoms. The molecule has 1 aromatic heterocycles. The maximum atomic E-state index is 12.5. The highest BCUT2D eigenvalue weighted by atomic mass is 19.4. The van der Waals surface area contributed by atoms with E-state index in [0.29, 0.717) is 11.1 Å². The minimum absolute atomic E-state index is 0.303. The van der Waals surface area contributed by atoms with E-state index in [1.165, 1.54) is 24.4 Å². The average Bonchev–Trinajstić information content (AvgIpc) is 2.38. The van der Waals surface area contributed by atoms with Gasteiger partial charge in [0.05, 0.1) is 5.56 Å². The Morgan fingerprint density at radius 2 is 1.84 bits per heavy atom. The molecule has 4 nitrogen and oxygen atoms in total. The number of hydrogen-bond acceptors (Lipinski definition) is 3. The first kappa shape index (κ1) is 13.0. The SMILES string of the molecule is O=[N+]([O-])c1ccc(-c2cccc(C(F)(F)F)c2)cn1. The van der Waals surface area contributed by atoms with Gasteiger partial charge in [-0.3, -0.25) is 0 Å². The Bertz CT molecular complexity index is 609. The zero-order valence-corrected chi connectivity index (χ0v) is 9.39. The minimum atomic E-state index is -4.43. The van der Waals surface area contributed by atoms with Gasteiger partial charge in [-0.05, 0) is 33.7 Å². The molecule has 0 N–H and O–H groups in total. The molecule has 0 aliphatic rings. The van der Waals surface area contributed by atoms with Crippen molar-refractivity contribution >= 4 is 5.82 Å². The molecule has 1 heterocycles. The van der Waals surface area contributed by atoms with Crippen LogP contribution in [0.2, 0.25) is 0 Å². The van der Waals surface area contributed by atoms with Crippen LogP contribution in [0.4, 0.5) is 19.0 Å². The molecular weight excluding hydrogens is 261 g/mol. The van der Waals surface area contributed by atoms with Crippen LogP contribution in [0, 0.1) is 10.1 Å². The summed E-state index contributed by atoms with van der Waals surface area (Å²) in [5.41, 5.74) is -0.0859. The second kappa shape index (κ2) is 4.68. The van der Waals surface area contributed by atoms with Crippen molar-refractivity contribution in [1.29, 1.82) is 0 Å². The van der Waals surface area contributed by atoms with Crippen molar-refractivity contribution in [2.45, 2.75) is 6.18 Å². The van der Waals surface area contributed by atoms with E-state index in [1.54, 1.807) is 0 Å². The molecule has 0 atom stereocenters. The third kappa shape index (κ3) is 2.87. The predicted molar refractivity (Wildman–Crippen MR) is 61.3 cm³/mol. The van der Waals surface area contributed by atoms with Gasteiger partial charge in [-0.15, -0.1) is 0 Å². The van der Waals surface area contributed by atoms with E-state index in [4.69, 9.17) is 0 Å². The maximum absolute atomic E-state index is 12.5. The number of nitro groups is 1. The van der Waals surface area contributed by atoms with E-state index in [9.17, 15) is 23.3 Å². The molecule has 2 rings (SSSR count). The normalized spacial score (nSPS) is 11.3. The van der Waals surface area contributed by atoms with E-state index in [1.807, 2.05) is 0 Å². The van der Waals surface area contributed by atoms with Gasteiger partial charge in [0, 0.05) is 11.6 Å². The van der Waals surface area contributed by atoms with E-state index in [-0.39, 0.29) is 5.82 Å². The van der Waals surface area contributed by atoms with Crippen molar-refractivity contribution in [3.05, 3.63) is 58.3 Å². The molecule has 0 aliphatic heterocycles. The Hall–Kier alpha value is -2.44. The van der Waals surface area contributed by atoms with E-state index in [2.05, 4.69) is 4.98 Å². The fourth-order valence-electron chi connectivity index (χ4n) is 1.54. The third-order valence-corrected chi connectivity index (χ3v) is 2.46. The summed E-state index contributed by atoms with van der Waals surface area (Å²) in [6.07, 6.45) is -3.25. The summed E-state index contributed by atoms with van der Waals surface area (Å²) in [6, 6.07) is 7.21.